The summed E-state index contributed by atoms with van der Waals surface area (Å²) in [5.74, 6) is 4.73. The molecule has 1 aliphatic heterocycles. The number of Topliss-reactive ketones (excluding diaryl/α,β-unsaturated/α-hetero) is 1. The average molecular weight is 437 g/mol. The van der Waals surface area contributed by atoms with E-state index < -0.39 is 11.4 Å². The summed E-state index contributed by atoms with van der Waals surface area (Å²) in [5, 5.41) is 12.5. The molecule has 1 unspecified atom stereocenters. The van der Waals surface area contributed by atoms with Gasteiger partial charge >= 0.3 is 5.97 Å². The minimum absolute atomic E-state index is 0.0816. The monoisotopic (exact) mass is 436 g/mol. The lowest BCUT2D eigenvalue weighted by molar-refractivity contribution is -0.146. The van der Waals surface area contributed by atoms with Gasteiger partial charge in [0.05, 0.1) is 13.2 Å². The van der Waals surface area contributed by atoms with Crippen molar-refractivity contribution in [1.29, 1.82) is 0 Å². The van der Waals surface area contributed by atoms with Crippen LogP contribution in [0.5, 0.6) is 0 Å². The average Bonchev–Trinajstić information content (AvgIpc) is 2.79. The summed E-state index contributed by atoms with van der Waals surface area (Å²) in [4.78, 5) is 38.2. The number of carbonyl (C=O) groups excluding carboxylic acids is 2. The maximum absolute atomic E-state index is 12.3. The van der Waals surface area contributed by atoms with Gasteiger partial charge in [0.25, 0.3) is 0 Å². The maximum atomic E-state index is 12.3. The van der Waals surface area contributed by atoms with Gasteiger partial charge in [-0.15, -0.1) is 0 Å². The molecule has 2 N–H and O–H groups in total. The van der Waals surface area contributed by atoms with Crippen molar-refractivity contribution in [3.63, 3.8) is 0 Å². The summed E-state index contributed by atoms with van der Waals surface area (Å²) in [6.07, 6.45) is 3.73. The number of rotatable bonds is 5. The Morgan fingerprint density at radius 1 is 1.19 bits per heavy atom. The van der Waals surface area contributed by atoms with Crippen molar-refractivity contribution in [2.24, 2.45) is 5.41 Å². The predicted molar refractivity (Wildman–Crippen MR) is 121 cm³/mol. The molecule has 168 valence electrons. The quantitative estimate of drug-likeness (QED) is 0.544. The number of nitrogens with one attached hydrogen (secondary N) is 1. The lowest BCUT2D eigenvalue weighted by Crippen LogP contribution is -2.40. The lowest BCUT2D eigenvalue weighted by Gasteiger charge is -2.30. The summed E-state index contributed by atoms with van der Waals surface area (Å²) < 4.78 is 5.39. The van der Waals surface area contributed by atoms with Crippen LogP contribution in [0.15, 0.2) is 41.6 Å². The zero-order valence-electron chi connectivity index (χ0n) is 18.7. The second kappa shape index (κ2) is 9.84. The fourth-order valence-corrected chi connectivity index (χ4v) is 3.70. The van der Waals surface area contributed by atoms with Crippen LogP contribution in [0.25, 0.3) is 0 Å². The largest absolute Gasteiger partial charge is 0.481 e. The van der Waals surface area contributed by atoms with Gasteiger partial charge in [-0.1, -0.05) is 18.8 Å². The van der Waals surface area contributed by atoms with Crippen LogP contribution >= 0.6 is 0 Å². The number of amides is 1. The number of allylic oxidation sites excluding steroid dienone is 3. The van der Waals surface area contributed by atoms with Crippen LogP contribution in [-0.2, 0) is 14.3 Å². The summed E-state index contributed by atoms with van der Waals surface area (Å²) >= 11 is 0. The van der Waals surface area contributed by atoms with Gasteiger partial charge in [0.2, 0.25) is 5.91 Å². The second-order valence-electron chi connectivity index (χ2n) is 8.12. The van der Waals surface area contributed by atoms with E-state index in [0.717, 1.165) is 18.8 Å². The molecule has 1 atom stereocenters. The number of nitrogens with zero attached hydrogens (tertiary/aromatic N) is 1. The molecule has 1 aromatic carbocycles. The predicted octanol–water partition coefficient (Wildman–Crippen LogP) is 2.91. The molecule has 1 aromatic rings. The van der Waals surface area contributed by atoms with Crippen LogP contribution in [0.3, 0.4) is 0 Å². The first kappa shape index (κ1) is 23.3. The lowest BCUT2D eigenvalue weighted by atomic mass is 9.77. The van der Waals surface area contributed by atoms with E-state index in [-0.39, 0.29) is 24.5 Å². The van der Waals surface area contributed by atoms with Crippen LogP contribution in [0.2, 0.25) is 0 Å². The Bertz CT molecular complexity index is 1050. The molecule has 0 radical (unpaired) electrons. The van der Waals surface area contributed by atoms with Gasteiger partial charge in [-0.05, 0) is 44.2 Å². The van der Waals surface area contributed by atoms with Crippen LogP contribution in [0.4, 0.5) is 5.69 Å². The fourth-order valence-electron chi connectivity index (χ4n) is 3.70. The van der Waals surface area contributed by atoms with E-state index in [0.29, 0.717) is 35.6 Å². The molecule has 0 bridgehead atoms. The van der Waals surface area contributed by atoms with Gasteiger partial charge in [-0.3, -0.25) is 14.4 Å². The first-order valence-corrected chi connectivity index (χ1v) is 10.7. The van der Waals surface area contributed by atoms with Crippen LogP contribution in [0, 0.1) is 17.3 Å². The maximum Gasteiger partial charge on any atom is 0.315 e. The molecule has 0 saturated carbocycles. The number of aliphatic carboxylic acids is 1. The number of benzene rings is 1. The van der Waals surface area contributed by atoms with Gasteiger partial charge < -0.3 is 20.1 Å². The van der Waals surface area contributed by atoms with Gasteiger partial charge in [0.15, 0.2) is 5.78 Å². The second-order valence-corrected chi connectivity index (χ2v) is 8.12. The summed E-state index contributed by atoms with van der Waals surface area (Å²) in [5.41, 5.74) is 1.77. The molecule has 2 aliphatic rings. The number of hydrogen-bond donors (Lipinski definition) is 2. The molecule has 0 spiro atoms. The standard InChI is InChI=1S/C25H28N2O5/c1-4-23(29)26-22-10-6-18(16-25(22,3)24(30)31)5-7-19-8-9-20(15-21(19)17(2)28)27-11-13-32-14-12-27/h6,8-10,15H,4,11-14,16H2,1-3H3,(H,26,29)(H,30,31). The molecule has 3 rings (SSSR count). The normalized spacial score (nSPS) is 20.4. The van der Waals surface area contributed by atoms with Crippen LogP contribution in [0.1, 0.15) is 49.5 Å². The number of ether oxygens (including phenoxy) is 1. The first-order valence-electron chi connectivity index (χ1n) is 10.7. The van der Waals surface area contributed by atoms with Crippen LogP contribution < -0.4 is 10.2 Å². The number of hydrogen-bond acceptors (Lipinski definition) is 5. The molecule has 1 saturated heterocycles. The minimum Gasteiger partial charge on any atom is -0.481 e. The third-order valence-corrected chi connectivity index (χ3v) is 5.77. The van der Waals surface area contributed by atoms with Gasteiger partial charge in [-0.2, -0.15) is 0 Å². The highest BCUT2D eigenvalue weighted by molar-refractivity contribution is 5.97. The summed E-state index contributed by atoms with van der Waals surface area (Å²) in [7, 11) is 0. The van der Waals surface area contributed by atoms with E-state index in [1.165, 1.54) is 6.92 Å². The minimum atomic E-state index is -1.28. The summed E-state index contributed by atoms with van der Waals surface area (Å²) in [6.45, 7) is 7.64. The molecule has 7 heteroatoms. The number of anilines is 1. The number of carboxylic acids is 1. The zero-order chi connectivity index (χ0) is 23.3. The van der Waals surface area contributed by atoms with Crippen molar-refractivity contribution < 1.29 is 24.2 Å². The third-order valence-electron chi connectivity index (χ3n) is 5.77. The molecule has 7 nitrogen and oxygen atoms in total. The topological polar surface area (TPSA) is 95.9 Å². The van der Waals surface area contributed by atoms with E-state index in [4.69, 9.17) is 4.74 Å². The van der Waals surface area contributed by atoms with Crippen molar-refractivity contribution in [3.05, 3.63) is 52.7 Å². The Morgan fingerprint density at radius 3 is 2.53 bits per heavy atom. The van der Waals surface area contributed by atoms with Gasteiger partial charge in [0, 0.05) is 54.0 Å². The van der Waals surface area contributed by atoms with Gasteiger partial charge in [-0.25, -0.2) is 0 Å². The molecular formula is C25H28N2O5. The smallest absolute Gasteiger partial charge is 0.315 e. The van der Waals surface area contributed by atoms with Crippen molar-refractivity contribution in [2.75, 3.05) is 31.2 Å². The highest BCUT2D eigenvalue weighted by Gasteiger charge is 2.40. The molecule has 1 amide bonds. The molecule has 32 heavy (non-hydrogen) atoms. The van der Waals surface area contributed by atoms with E-state index in [9.17, 15) is 19.5 Å². The van der Waals surface area contributed by atoms with Crippen molar-refractivity contribution >= 4 is 23.3 Å². The fraction of sp³-hybridized carbons (Fsp3) is 0.400. The Hall–Kier alpha value is -3.37. The molecule has 1 fully saturated rings. The molecule has 1 aliphatic carbocycles. The zero-order valence-corrected chi connectivity index (χ0v) is 18.7. The Labute approximate surface area is 188 Å². The van der Waals surface area contributed by atoms with E-state index in [1.54, 1.807) is 26.0 Å². The number of carboxylic acid groups (broad SMARTS) is 1. The summed E-state index contributed by atoms with van der Waals surface area (Å²) in [6, 6.07) is 5.63. The van der Waals surface area contributed by atoms with Crippen molar-refractivity contribution in [1.82, 2.24) is 5.32 Å². The number of morpholine rings is 1. The number of ketones is 1. The number of carbonyl (C=O) groups is 3. The van der Waals surface area contributed by atoms with Gasteiger partial charge in [0.1, 0.15) is 5.41 Å². The molecule has 0 aromatic heterocycles. The SMILES string of the molecule is CCC(=O)NC1=CC=C(C#Cc2ccc(N3CCOCC3)cc2C(C)=O)CC1(C)C(=O)O. The molecule has 1 heterocycles. The van der Waals surface area contributed by atoms with E-state index >= 15 is 0 Å². The highest BCUT2D eigenvalue weighted by atomic mass is 16.5. The Morgan fingerprint density at radius 2 is 1.91 bits per heavy atom. The van der Waals surface area contributed by atoms with Crippen LogP contribution in [-0.4, -0.2) is 49.1 Å². The Kier molecular flexibility index (Phi) is 7.16. The third kappa shape index (κ3) is 5.09. The first-order chi connectivity index (χ1) is 15.2. The van der Waals surface area contributed by atoms with E-state index in [2.05, 4.69) is 22.1 Å². The molecular weight excluding hydrogens is 408 g/mol. The van der Waals surface area contributed by atoms with Crippen molar-refractivity contribution in [2.45, 2.75) is 33.6 Å². The van der Waals surface area contributed by atoms with Crippen molar-refractivity contribution in [3.8, 4) is 11.8 Å². The van der Waals surface area contributed by atoms with E-state index in [1.807, 2.05) is 18.2 Å². The Balaban J connectivity index is 1.90. The highest BCUT2D eigenvalue weighted by Crippen LogP contribution is 2.36.